The first-order valence-electron chi connectivity index (χ1n) is 9.14. The van der Waals surface area contributed by atoms with E-state index in [1.165, 1.54) is 5.56 Å². The third-order valence-corrected chi connectivity index (χ3v) is 4.25. The van der Waals surface area contributed by atoms with Crippen LogP contribution in [0.4, 0.5) is 0 Å². The molecule has 2 rings (SSSR count). The first kappa shape index (κ1) is 19.7. The Morgan fingerprint density at radius 2 is 1.38 bits per heavy atom. The summed E-state index contributed by atoms with van der Waals surface area (Å²) >= 11 is 0. The van der Waals surface area contributed by atoms with Gasteiger partial charge in [-0.2, -0.15) is 0 Å². The highest BCUT2D eigenvalue weighted by Gasteiger charge is 2.23. The highest BCUT2D eigenvalue weighted by Crippen LogP contribution is 2.16. The quantitative estimate of drug-likeness (QED) is 0.759. The van der Waals surface area contributed by atoms with Gasteiger partial charge in [0.25, 0.3) is 0 Å². The molecule has 0 saturated heterocycles. The summed E-state index contributed by atoms with van der Waals surface area (Å²) in [5, 5.41) is 5.86. The predicted molar refractivity (Wildman–Crippen MR) is 105 cm³/mol. The zero-order valence-electron chi connectivity index (χ0n) is 15.7. The molecule has 138 valence electrons. The van der Waals surface area contributed by atoms with Crippen molar-refractivity contribution >= 4 is 11.8 Å². The van der Waals surface area contributed by atoms with E-state index in [-0.39, 0.29) is 23.7 Å². The van der Waals surface area contributed by atoms with Gasteiger partial charge in [0.15, 0.2) is 0 Å². The Hall–Kier alpha value is -2.62. The third-order valence-electron chi connectivity index (χ3n) is 4.25. The molecule has 0 aliphatic rings. The summed E-state index contributed by atoms with van der Waals surface area (Å²) in [5.41, 5.74) is 1.96. The number of nitrogens with one attached hydrogen (secondary N) is 2. The van der Waals surface area contributed by atoms with Crippen LogP contribution in [0.15, 0.2) is 60.7 Å². The van der Waals surface area contributed by atoms with Crippen LogP contribution in [0.2, 0.25) is 0 Å². The molecule has 2 aromatic rings. The van der Waals surface area contributed by atoms with Crippen molar-refractivity contribution in [1.29, 1.82) is 0 Å². The van der Waals surface area contributed by atoms with Crippen molar-refractivity contribution in [3.8, 4) is 0 Å². The van der Waals surface area contributed by atoms with Crippen LogP contribution >= 0.6 is 0 Å². The minimum Gasteiger partial charge on any atom is -0.353 e. The summed E-state index contributed by atoms with van der Waals surface area (Å²) < 4.78 is 0. The van der Waals surface area contributed by atoms with Gasteiger partial charge in [-0.05, 0) is 23.0 Å². The fourth-order valence-corrected chi connectivity index (χ4v) is 2.79. The maximum absolute atomic E-state index is 12.8. The van der Waals surface area contributed by atoms with Crippen molar-refractivity contribution in [3.05, 3.63) is 71.8 Å². The minimum absolute atomic E-state index is 0.111. The normalized spacial score (nSPS) is 13.1. The van der Waals surface area contributed by atoms with Gasteiger partial charge in [0.05, 0.1) is 0 Å². The molecule has 0 radical (unpaired) electrons. The Balaban J connectivity index is 2.04. The average molecular weight is 352 g/mol. The third kappa shape index (κ3) is 6.03. The summed E-state index contributed by atoms with van der Waals surface area (Å²) in [6.07, 6.45) is 0.400. The molecule has 0 aromatic heterocycles. The van der Waals surface area contributed by atoms with E-state index in [2.05, 4.69) is 29.7 Å². The summed E-state index contributed by atoms with van der Waals surface area (Å²) in [6.45, 7) is 6.56. The first-order valence-corrected chi connectivity index (χ1v) is 9.14. The highest BCUT2D eigenvalue weighted by atomic mass is 16.2. The van der Waals surface area contributed by atoms with Crippen LogP contribution in [0, 0.1) is 5.92 Å². The molecule has 0 aliphatic heterocycles. The van der Waals surface area contributed by atoms with Gasteiger partial charge in [0.2, 0.25) is 11.8 Å². The van der Waals surface area contributed by atoms with Crippen molar-refractivity contribution in [2.45, 2.75) is 39.2 Å². The van der Waals surface area contributed by atoms with Gasteiger partial charge in [0.1, 0.15) is 6.04 Å². The largest absolute Gasteiger partial charge is 0.353 e. The van der Waals surface area contributed by atoms with E-state index < -0.39 is 6.04 Å². The SMILES string of the molecule is CC(C)CC(=O)NC(C(=O)NCC(C)c1ccccc1)c1ccccc1. The van der Waals surface area contributed by atoms with E-state index in [0.717, 1.165) is 5.56 Å². The fraction of sp³-hybridized carbons (Fsp3) is 0.364. The molecular formula is C22H28N2O2. The Kier molecular flexibility index (Phi) is 7.39. The number of hydrogen-bond donors (Lipinski definition) is 2. The first-order chi connectivity index (χ1) is 12.5. The van der Waals surface area contributed by atoms with Crippen molar-refractivity contribution < 1.29 is 9.59 Å². The molecule has 0 heterocycles. The van der Waals surface area contributed by atoms with Gasteiger partial charge < -0.3 is 10.6 Å². The molecule has 2 N–H and O–H groups in total. The Bertz CT molecular complexity index is 699. The molecule has 2 amide bonds. The lowest BCUT2D eigenvalue weighted by molar-refractivity contribution is -0.129. The maximum atomic E-state index is 12.8. The number of hydrogen-bond acceptors (Lipinski definition) is 2. The van der Waals surface area contributed by atoms with Crippen LogP contribution < -0.4 is 10.6 Å². The van der Waals surface area contributed by atoms with E-state index in [1.807, 2.05) is 62.4 Å². The highest BCUT2D eigenvalue weighted by molar-refractivity contribution is 5.88. The number of benzene rings is 2. The van der Waals surface area contributed by atoms with Crippen LogP contribution in [-0.2, 0) is 9.59 Å². The lowest BCUT2D eigenvalue weighted by Gasteiger charge is -2.21. The molecule has 0 saturated carbocycles. The topological polar surface area (TPSA) is 58.2 Å². The molecule has 0 fully saturated rings. The van der Waals surface area contributed by atoms with Crippen molar-refractivity contribution in [1.82, 2.24) is 10.6 Å². The summed E-state index contributed by atoms with van der Waals surface area (Å²) in [5.74, 6) is 0.145. The average Bonchev–Trinajstić information content (AvgIpc) is 2.64. The Labute approximate surface area is 156 Å². The van der Waals surface area contributed by atoms with Crippen molar-refractivity contribution in [3.63, 3.8) is 0 Å². The van der Waals surface area contributed by atoms with Gasteiger partial charge in [-0.1, -0.05) is 81.4 Å². The summed E-state index contributed by atoms with van der Waals surface area (Å²) in [7, 11) is 0. The van der Waals surface area contributed by atoms with E-state index in [4.69, 9.17) is 0 Å². The smallest absolute Gasteiger partial charge is 0.247 e. The molecule has 4 nitrogen and oxygen atoms in total. The zero-order valence-corrected chi connectivity index (χ0v) is 15.7. The number of carbonyl (C=O) groups excluding carboxylic acids is 2. The second kappa shape index (κ2) is 9.76. The Morgan fingerprint density at radius 3 is 1.92 bits per heavy atom. The lowest BCUT2D eigenvalue weighted by atomic mass is 10.0. The molecular weight excluding hydrogens is 324 g/mol. The van der Waals surface area contributed by atoms with E-state index in [0.29, 0.717) is 13.0 Å². The predicted octanol–water partition coefficient (Wildman–Crippen LogP) is 3.81. The maximum Gasteiger partial charge on any atom is 0.247 e. The van der Waals surface area contributed by atoms with Gasteiger partial charge in [-0.25, -0.2) is 0 Å². The van der Waals surface area contributed by atoms with E-state index >= 15 is 0 Å². The van der Waals surface area contributed by atoms with Gasteiger partial charge >= 0.3 is 0 Å². The number of rotatable bonds is 8. The molecule has 0 bridgehead atoms. The van der Waals surface area contributed by atoms with Crippen LogP contribution in [0.5, 0.6) is 0 Å². The molecule has 2 unspecified atom stereocenters. The summed E-state index contributed by atoms with van der Waals surface area (Å²) in [4.78, 5) is 25.0. The molecule has 26 heavy (non-hydrogen) atoms. The number of carbonyl (C=O) groups is 2. The lowest BCUT2D eigenvalue weighted by Crippen LogP contribution is -2.41. The van der Waals surface area contributed by atoms with Crippen molar-refractivity contribution in [2.75, 3.05) is 6.54 Å². The molecule has 2 aromatic carbocycles. The van der Waals surface area contributed by atoms with Crippen LogP contribution in [0.25, 0.3) is 0 Å². The second-order valence-corrected chi connectivity index (χ2v) is 7.07. The van der Waals surface area contributed by atoms with Crippen molar-refractivity contribution in [2.24, 2.45) is 5.92 Å². The standard InChI is InChI=1S/C22H28N2O2/c1-16(2)14-20(25)24-21(19-12-8-5-9-13-19)22(26)23-15-17(3)18-10-6-4-7-11-18/h4-13,16-17,21H,14-15H2,1-3H3,(H,23,26)(H,24,25). The molecule has 2 atom stereocenters. The van der Waals surface area contributed by atoms with Gasteiger partial charge in [-0.3, -0.25) is 9.59 Å². The molecule has 0 aliphatic carbocycles. The van der Waals surface area contributed by atoms with E-state index in [1.54, 1.807) is 0 Å². The second-order valence-electron chi connectivity index (χ2n) is 7.07. The van der Waals surface area contributed by atoms with Gasteiger partial charge in [0, 0.05) is 13.0 Å². The Morgan fingerprint density at radius 1 is 0.846 bits per heavy atom. The zero-order chi connectivity index (χ0) is 18.9. The van der Waals surface area contributed by atoms with Crippen LogP contribution in [0.1, 0.15) is 50.3 Å². The van der Waals surface area contributed by atoms with E-state index in [9.17, 15) is 9.59 Å². The molecule has 4 heteroatoms. The summed E-state index contributed by atoms with van der Waals surface area (Å²) in [6, 6.07) is 18.8. The fourth-order valence-electron chi connectivity index (χ4n) is 2.79. The number of amides is 2. The minimum atomic E-state index is -0.676. The monoisotopic (exact) mass is 352 g/mol. The van der Waals surface area contributed by atoms with Gasteiger partial charge in [-0.15, -0.1) is 0 Å². The van der Waals surface area contributed by atoms with Crippen LogP contribution in [0.3, 0.4) is 0 Å². The molecule has 0 spiro atoms. The van der Waals surface area contributed by atoms with Crippen LogP contribution in [-0.4, -0.2) is 18.4 Å².